The van der Waals surface area contributed by atoms with Crippen molar-refractivity contribution in [3.63, 3.8) is 0 Å². The van der Waals surface area contributed by atoms with Crippen molar-refractivity contribution in [3.8, 4) is 5.75 Å². The Bertz CT molecular complexity index is 1120. The van der Waals surface area contributed by atoms with Gasteiger partial charge in [0.05, 0.1) is 12.2 Å². The molecule has 8 heteroatoms. The first kappa shape index (κ1) is 23.0. The predicted molar refractivity (Wildman–Crippen MR) is 124 cm³/mol. The number of amides is 2. The van der Waals surface area contributed by atoms with E-state index in [-0.39, 0.29) is 30.7 Å². The number of hydrogen-bond acceptors (Lipinski definition) is 5. The Morgan fingerprint density at radius 2 is 1.66 bits per heavy atom. The van der Waals surface area contributed by atoms with Gasteiger partial charge in [0.25, 0.3) is 11.8 Å². The summed E-state index contributed by atoms with van der Waals surface area (Å²) in [6.07, 6.45) is -0.795. The monoisotopic (exact) mass is 496 g/mol. The molecule has 3 aromatic rings. The maximum Gasteiger partial charge on any atom is 0.513 e. The molecular formula is C24H21BrN2O5. The number of nitrogens with one attached hydrogen (secondary N) is 2. The van der Waals surface area contributed by atoms with Crippen LogP contribution in [0, 0.1) is 0 Å². The number of hydrogen-bond donors (Lipinski definition) is 2. The van der Waals surface area contributed by atoms with Crippen molar-refractivity contribution in [2.24, 2.45) is 0 Å². The second kappa shape index (κ2) is 11.1. The van der Waals surface area contributed by atoms with Gasteiger partial charge >= 0.3 is 6.16 Å². The quantitative estimate of drug-likeness (QED) is 0.347. The number of carbonyl (C=O) groups is 3. The van der Waals surface area contributed by atoms with Crippen LogP contribution in [0.3, 0.4) is 0 Å². The topological polar surface area (TPSA) is 93.7 Å². The smallest absolute Gasteiger partial charge is 0.434 e. The van der Waals surface area contributed by atoms with E-state index >= 15 is 0 Å². The zero-order valence-corrected chi connectivity index (χ0v) is 18.8. The molecule has 0 aromatic heterocycles. The van der Waals surface area contributed by atoms with E-state index in [9.17, 15) is 14.4 Å². The molecule has 7 nitrogen and oxygen atoms in total. The van der Waals surface area contributed by atoms with Crippen molar-refractivity contribution in [1.82, 2.24) is 5.32 Å². The highest BCUT2D eigenvalue weighted by atomic mass is 79.9. The summed E-state index contributed by atoms with van der Waals surface area (Å²) in [5.41, 5.74) is 2.39. The van der Waals surface area contributed by atoms with E-state index in [1.165, 1.54) is 12.1 Å². The first-order valence-corrected chi connectivity index (χ1v) is 10.6. The molecule has 0 fully saturated rings. The number of benzene rings is 3. The van der Waals surface area contributed by atoms with Gasteiger partial charge in [0, 0.05) is 22.3 Å². The second-order valence-corrected chi connectivity index (χ2v) is 7.48. The fourth-order valence-corrected chi connectivity index (χ4v) is 3.27. The molecule has 2 N–H and O–H groups in total. The van der Waals surface area contributed by atoms with Crippen molar-refractivity contribution < 1.29 is 23.9 Å². The van der Waals surface area contributed by atoms with Crippen molar-refractivity contribution in [2.45, 2.75) is 13.5 Å². The molecule has 164 valence electrons. The van der Waals surface area contributed by atoms with Crippen LogP contribution >= 0.6 is 15.9 Å². The Morgan fingerprint density at radius 1 is 0.906 bits per heavy atom. The van der Waals surface area contributed by atoms with E-state index in [2.05, 4.69) is 26.6 Å². The molecule has 0 saturated heterocycles. The lowest BCUT2D eigenvalue weighted by molar-refractivity contribution is 0.0950. The van der Waals surface area contributed by atoms with E-state index in [4.69, 9.17) is 9.47 Å². The highest BCUT2D eigenvalue weighted by molar-refractivity contribution is 9.10. The molecule has 0 spiro atoms. The molecule has 0 heterocycles. The van der Waals surface area contributed by atoms with Gasteiger partial charge in [0.1, 0.15) is 5.75 Å². The lowest BCUT2D eigenvalue weighted by atomic mass is 10.1. The molecule has 0 aliphatic carbocycles. The largest absolute Gasteiger partial charge is 0.513 e. The van der Waals surface area contributed by atoms with Crippen LogP contribution in [0.2, 0.25) is 0 Å². The average molecular weight is 497 g/mol. The molecule has 2 amide bonds. The molecule has 32 heavy (non-hydrogen) atoms. The SMILES string of the molecule is CCOC(=O)Oc1ccc(C(=O)NCc2cccc(NC(=O)c3ccccc3Br)c2)cc1. The number of rotatable bonds is 7. The summed E-state index contributed by atoms with van der Waals surface area (Å²) in [5, 5.41) is 5.68. The van der Waals surface area contributed by atoms with Gasteiger partial charge < -0.3 is 20.1 Å². The Hall–Kier alpha value is -3.65. The Kier molecular flexibility index (Phi) is 7.99. The third kappa shape index (κ3) is 6.42. The van der Waals surface area contributed by atoms with E-state index in [1.807, 2.05) is 12.1 Å². The van der Waals surface area contributed by atoms with Crippen LogP contribution in [-0.4, -0.2) is 24.6 Å². The number of ether oxygens (including phenoxy) is 2. The fourth-order valence-electron chi connectivity index (χ4n) is 2.81. The van der Waals surface area contributed by atoms with Gasteiger partial charge in [-0.25, -0.2) is 4.79 Å². The van der Waals surface area contributed by atoms with Crippen molar-refractivity contribution in [2.75, 3.05) is 11.9 Å². The highest BCUT2D eigenvalue weighted by Gasteiger charge is 2.11. The van der Waals surface area contributed by atoms with Crippen LogP contribution in [0.5, 0.6) is 5.75 Å². The molecular weight excluding hydrogens is 476 g/mol. The van der Waals surface area contributed by atoms with Crippen LogP contribution < -0.4 is 15.4 Å². The van der Waals surface area contributed by atoms with Gasteiger partial charge in [-0.1, -0.05) is 24.3 Å². The first-order valence-electron chi connectivity index (χ1n) is 9.84. The minimum atomic E-state index is -0.795. The highest BCUT2D eigenvalue weighted by Crippen LogP contribution is 2.19. The lowest BCUT2D eigenvalue weighted by Crippen LogP contribution is -2.23. The summed E-state index contributed by atoms with van der Waals surface area (Å²) in [6.45, 7) is 2.17. The van der Waals surface area contributed by atoms with E-state index < -0.39 is 6.16 Å². The second-order valence-electron chi connectivity index (χ2n) is 6.63. The zero-order chi connectivity index (χ0) is 22.9. The normalized spacial score (nSPS) is 10.2. The van der Waals surface area contributed by atoms with Crippen molar-refractivity contribution in [3.05, 3.63) is 94.0 Å². The van der Waals surface area contributed by atoms with E-state index in [1.54, 1.807) is 55.5 Å². The minimum absolute atomic E-state index is 0.216. The van der Waals surface area contributed by atoms with Crippen LogP contribution in [0.25, 0.3) is 0 Å². The molecule has 0 unspecified atom stereocenters. The number of halogens is 1. The zero-order valence-electron chi connectivity index (χ0n) is 17.3. The number of anilines is 1. The molecule has 3 aromatic carbocycles. The predicted octanol–water partition coefficient (Wildman–Crippen LogP) is 5.17. The lowest BCUT2D eigenvalue weighted by Gasteiger charge is -2.10. The van der Waals surface area contributed by atoms with Gasteiger partial charge in [0.2, 0.25) is 0 Å². The first-order chi connectivity index (χ1) is 15.5. The summed E-state index contributed by atoms with van der Waals surface area (Å²) in [7, 11) is 0. The van der Waals surface area contributed by atoms with Gasteiger partial charge in [-0.3, -0.25) is 9.59 Å². The summed E-state index contributed by atoms with van der Waals surface area (Å²) in [4.78, 5) is 36.2. The fraction of sp³-hybridized carbons (Fsp3) is 0.125. The molecule has 0 aliphatic heterocycles. The average Bonchev–Trinajstić information content (AvgIpc) is 2.78. The third-order valence-electron chi connectivity index (χ3n) is 4.34. The summed E-state index contributed by atoms with van der Waals surface area (Å²) in [6, 6.07) is 20.5. The third-order valence-corrected chi connectivity index (χ3v) is 5.03. The van der Waals surface area contributed by atoms with E-state index in [0.29, 0.717) is 21.3 Å². The minimum Gasteiger partial charge on any atom is -0.434 e. The summed E-state index contributed by atoms with van der Waals surface area (Å²) < 4.78 is 10.4. The molecule has 0 aliphatic rings. The molecule has 3 rings (SSSR count). The Balaban J connectivity index is 1.56. The van der Waals surface area contributed by atoms with Crippen LogP contribution in [0.15, 0.2) is 77.3 Å². The summed E-state index contributed by atoms with van der Waals surface area (Å²) in [5.74, 6) is -0.229. The maximum absolute atomic E-state index is 12.5. The van der Waals surface area contributed by atoms with Crippen molar-refractivity contribution in [1.29, 1.82) is 0 Å². The standard InChI is InChI=1S/C24H21BrN2O5/c1-2-31-24(30)32-19-12-10-17(11-13-19)22(28)26-15-16-6-5-7-18(14-16)27-23(29)20-8-3-4-9-21(20)25/h3-14H,2,15H2,1H3,(H,26,28)(H,27,29). The van der Waals surface area contributed by atoms with Crippen LogP contribution in [-0.2, 0) is 11.3 Å². The maximum atomic E-state index is 12.5. The van der Waals surface area contributed by atoms with Crippen LogP contribution in [0.4, 0.5) is 10.5 Å². The molecule has 0 atom stereocenters. The summed E-state index contributed by atoms with van der Waals surface area (Å²) >= 11 is 3.37. The number of carbonyl (C=O) groups excluding carboxylic acids is 3. The van der Waals surface area contributed by atoms with Crippen LogP contribution in [0.1, 0.15) is 33.2 Å². The van der Waals surface area contributed by atoms with E-state index in [0.717, 1.165) is 5.56 Å². The Morgan fingerprint density at radius 3 is 2.38 bits per heavy atom. The Labute approximate surface area is 193 Å². The van der Waals surface area contributed by atoms with Gasteiger partial charge in [-0.15, -0.1) is 0 Å². The molecule has 0 bridgehead atoms. The van der Waals surface area contributed by atoms with Gasteiger partial charge in [-0.2, -0.15) is 0 Å². The van der Waals surface area contributed by atoms with Gasteiger partial charge in [0.15, 0.2) is 0 Å². The van der Waals surface area contributed by atoms with Gasteiger partial charge in [-0.05, 0) is 76.9 Å². The molecule has 0 saturated carbocycles. The molecule has 0 radical (unpaired) electrons. The van der Waals surface area contributed by atoms with Crippen molar-refractivity contribution >= 4 is 39.6 Å².